The van der Waals surface area contributed by atoms with Crippen LogP contribution in [0.1, 0.15) is 10.4 Å². The van der Waals surface area contributed by atoms with Gasteiger partial charge in [0.05, 0.1) is 11.4 Å². The van der Waals surface area contributed by atoms with E-state index in [1.54, 1.807) is 0 Å². The number of benzene rings is 1. The SMILES string of the molecule is Cc1cccc(OCCNC(=O)CO/N=C(/N)c2cccs2)c1. The van der Waals surface area contributed by atoms with Crippen LogP contribution in [0.25, 0.3) is 0 Å². The number of ether oxygens (including phenoxy) is 1. The molecule has 0 unspecified atom stereocenters. The van der Waals surface area contributed by atoms with Crippen molar-refractivity contribution in [2.75, 3.05) is 19.8 Å². The Bertz CT molecular complexity index is 656. The number of hydrogen-bond donors (Lipinski definition) is 2. The topological polar surface area (TPSA) is 85.9 Å². The second-order valence-corrected chi connectivity index (χ2v) is 5.69. The number of rotatable bonds is 8. The summed E-state index contributed by atoms with van der Waals surface area (Å²) in [4.78, 5) is 17.3. The number of amides is 1. The van der Waals surface area contributed by atoms with Crippen LogP contribution in [0.4, 0.5) is 0 Å². The zero-order chi connectivity index (χ0) is 16.5. The summed E-state index contributed by atoms with van der Waals surface area (Å²) < 4.78 is 5.53. The maximum absolute atomic E-state index is 11.6. The predicted octanol–water partition coefficient (Wildman–Crippen LogP) is 1.89. The smallest absolute Gasteiger partial charge is 0.260 e. The standard InChI is InChI=1S/C16H19N3O3S/c1-12-4-2-5-13(10-12)21-8-7-18-15(20)11-22-19-16(17)14-6-3-9-23-14/h2-6,9-10H,7-8,11H2,1H3,(H2,17,19)(H,18,20). The van der Waals surface area contributed by atoms with E-state index in [1.807, 2.05) is 48.7 Å². The lowest BCUT2D eigenvalue weighted by molar-refractivity contribution is -0.125. The third kappa shape index (κ3) is 5.99. The first-order chi connectivity index (χ1) is 11.1. The minimum atomic E-state index is -0.277. The van der Waals surface area contributed by atoms with Crippen LogP contribution in [0.3, 0.4) is 0 Å². The summed E-state index contributed by atoms with van der Waals surface area (Å²) in [5.74, 6) is 0.764. The van der Waals surface area contributed by atoms with Crippen LogP contribution in [0.15, 0.2) is 46.9 Å². The number of nitrogens with zero attached hydrogens (tertiary/aromatic N) is 1. The molecule has 1 amide bonds. The van der Waals surface area contributed by atoms with Crippen LogP contribution in [-0.4, -0.2) is 31.5 Å². The van der Waals surface area contributed by atoms with Crippen molar-refractivity contribution in [2.24, 2.45) is 10.9 Å². The molecule has 0 saturated carbocycles. The minimum absolute atomic E-state index is 0.184. The van der Waals surface area contributed by atoms with Crippen molar-refractivity contribution in [1.82, 2.24) is 5.32 Å². The Morgan fingerprint density at radius 1 is 1.35 bits per heavy atom. The molecule has 0 aliphatic carbocycles. The fourth-order valence-electron chi connectivity index (χ4n) is 1.75. The summed E-state index contributed by atoms with van der Waals surface area (Å²) in [5, 5.41) is 8.27. The molecule has 0 saturated heterocycles. The molecule has 1 aromatic carbocycles. The predicted molar refractivity (Wildman–Crippen MR) is 90.7 cm³/mol. The Balaban J connectivity index is 1.61. The number of nitrogens with one attached hydrogen (secondary N) is 1. The minimum Gasteiger partial charge on any atom is -0.492 e. The fourth-order valence-corrected chi connectivity index (χ4v) is 2.36. The van der Waals surface area contributed by atoms with E-state index in [9.17, 15) is 4.79 Å². The van der Waals surface area contributed by atoms with Gasteiger partial charge in [-0.3, -0.25) is 4.79 Å². The van der Waals surface area contributed by atoms with Crippen molar-refractivity contribution in [1.29, 1.82) is 0 Å². The van der Waals surface area contributed by atoms with Crippen LogP contribution in [0, 0.1) is 6.92 Å². The van der Waals surface area contributed by atoms with Gasteiger partial charge in [-0.1, -0.05) is 23.4 Å². The Morgan fingerprint density at radius 2 is 2.22 bits per heavy atom. The van der Waals surface area contributed by atoms with Gasteiger partial charge in [0.25, 0.3) is 5.91 Å². The van der Waals surface area contributed by atoms with Crippen molar-refractivity contribution in [3.05, 3.63) is 52.2 Å². The van der Waals surface area contributed by atoms with E-state index in [1.165, 1.54) is 11.3 Å². The van der Waals surface area contributed by atoms with E-state index >= 15 is 0 Å². The number of amidine groups is 1. The largest absolute Gasteiger partial charge is 0.492 e. The number of nitrogens with two attached hydrogens (primary N) is 1. The highest BCUT2D eigenvalue weighted by Crippen LogP contribution is 2.11. The van der Waals surface area contributed by atoms with Crippen molar-refractivity contribution < 1.29 is 14.4 Å². The molecule has 122 valence electrons. The lowest BCUT2D eigenvalue weighted by Gasteiger charge is -2.08. The van der Waals surface area contributed by atoms with E-state index in [2.05, 4.69) is 10.5 Å². The highest BCUT2D eigenvalue weighted by molar-refractivity contribution is 7.12. The molecule has 2 rings (SSSR count). The van der Waals surface area contributed by atoms with Gasteiger partial charge in [0.15, 0.2) is 12.4 Å². The number of carbonyl (C=O) groups is 1. The van der Waals surface area contributed by atoms with Crippen LogP contribution in [0.2, 0.25) is 0 Å². The van der Waals surface area contributed by atoms with Gasteiger partial charge in [-0.15, -0.1) is 11.3 Å². The van der Waals surface area contributed by atoms with Crippen LogP contribution in [-0.2, 0) is 9.63 Å². The Morgan fingerprint density at radius 3 is 2.96 bits per heavy atom. The average Bonchev–Trinajstić information content (AvgIpc) is 3.06. The number of oxime groups is 1. The monoisotopic (exact) mass is 333 g/mol. The van der Waals surface area contributed by atoms with Gasteiger partial charge < -0.3 is 20.6 Å². The molecule has 0 aliphatic heterocycles. The molecule has 0 atom stereocenters. The molecule has 1 heterocycles. The van der Waals surface area contributed by atoms with Crippen molar-refractivity contribution in [2.45, 2.75) is 6.92 Å². The lowest BCUT2D eigenvalue weighted by Crippen LogP contribution is -2.31. The first-order valence-electron chi connectivity index (χ1n) is 7.10. The van der Waals surface area contributed by atoms with Crippen molar-refractivity contribution >= 4 is 23.1 Å². The number of hydrogen-bond acceptors (Lipinski definition) is 5. The third-order valence-corrected chi connectivity index (χ3v) is 3.71. The maximum Gasteiger partial charge on any atom is 0.260 e. The van der Waals surface area contributed by atoms with Gasteiger partial charge in [-0.2, -0.15) is 0 Å². The summed E-state index contributed by atoms with van der Waals surface area (Å²) in [5.41, 5.74) is 6.83. The molecule has 0 bridgehead atoms. The molecule has 2 aromatic rings. The van der Waals surface area contributed by atoms with Crippen molar-refractivity contribution in [3.63, 3.8) is 0 Å². The summed E-state index contributed by atoms with van der Waals surface area (Å²) in [6, 6.07) is 11.4. The average molecular weight is 333 g/mol. The highest BCUT2D eigenvalue weighted by atomic mass is 32.1. The Hall–Kier alpha value is -2.54. The molecule has 0 aliphatic rings. The van der Waals surface area contributed by atoms with E-state index in [0.717, 1.165) is 16.2 Å². The normalized spacial score (nSPS) is 11.1. The molecule has 6 nitrogen and oxygen atoms in total. The van der Waals surface area contributed by atoms with E-state index < -0.39 is 0 Å². The third-order valence-electron chi connectivity index (χ3n) is 2.81. The first kappa shape index (κ1) is 16.8. The molecule has 0 fully saturated rings. The van der Waals surface area contributed by atoms with E-state index in [-0.39, 0.29) is 18.3 Å². The molecule has 0 spiro atoms. The number of carbonyl (C=O) groups excluding carboxylic acids is 1. The zero-order valence-electron chi connectivity index (χ0n) is 12.8. The highest BCUT2D eigenvalue weighted by Gasteiger charge is 2.03. The van der Waals surface area contributed by atoms with Crippen LogP contribution < -0.4 is 15.8 Å². The molecule has 0 radical (unpaired) electrons. The van der Waals surface area contributed by atoms with Gasteiger partial charge in [-0.25, -0.2) is 0 Å². The molecule has 7 heteroatoms. The molecule has 1 aromatic heterocycles. The van der Waals surface area contributed by atoms with Crippen LogP contribution >= 0.6 is 11.3 Å². The van der Waals surface area contributed by atoms with Gasteiger partial charge in [0.2, 0.25) is 0 Å². The van der Waals surface area contributed by atoms with E-state index in [4.69, 9.17) is 15.3 Å². The van der Waals surface area contributed by atoms with Crippen LogP contribution in [0.5, 0.6) is 5.75 Å². The summed E-state index contributed by atoms with van der Waals surface area (Å²) >= 11 is 1.45. The molecule has 3 N–H and O–H groups in total. The summed E-state index contributed by atoms with van der Waals surface area (Å²) in [6.45, 7) is 2.58. The second-order valence-electron chi connectivity index (χ2n) is 4.74. The van der Waals surface area contributed by atoms with Gasteiger partial charge >= 0.3 is 0 Å². The van der Waals surface area contributed by atoms with Gasteiger partial charge in [-0.05, 0) is 36.1 Å². The lowest BCUT2D eigenvalue weighted by atomic mass is 10.2. The van der Waals surface area contributed by atoms with E-state index in [0.29, 0.717) is 13.2 Å². The number of aryl methyl sites for hydroxylation is 1. The summed E-state index contributed by atoms with van der Waals surface area (Å²) in [6.07, 6.45) is 0. The molecular weight excluding hydrogens is 314 g/mol. The number of thiophene rings is 1. The van der Waals surface area contributed by atoms with Gasteiger partial charge in [0.1, 0.15) is 12.4 Å². The summed E-state index contributed by atoms with van der Waals surface area (Å²) in [7, 11) is 0. The van der Waals surface area contributed by atoms with Crippen molar-refractivity contribution in [3.8, 4) is 5.75 Å². The quantitative estimate of drug-likeness (QED) is 0.334. The zero-order valence-corrected chi connectivity index (χ0v) is 13.6. The Labute approximate surface area is 138 Å². The fraction of sp³-hybridized carbons (Fsp3) is 0.250. The first-order valence-corrected chi connectivity index (χ1v) is 7.98. The molecule has 23 heavy (non-hydrogen) atoms. The van der Waals surface area contributed by atoms with Gasteiger partial charge in [0, 0.05) is 0 Å². The maximum atomic E-state index is 11.6. The molecular formula is C16H19N3O3S. The second kappa shape index (κ2) is 8.79. The Kier molecular flexibility index (Phi) is 6.43.